The molecule has 2 rings (SSSR count). The van der Waals surface area contributed by atoms with E-state index in [2.05, 4.69) is 29.2 Å². The second-order valence-electron chi connectivity index (χ2n) is 3.51. The summed E-state index contributed by atoms with van der Waals surface area (Å²) in [4.78, 5) is 6.70. The Hall–Kier alpha value is -1.16. The number of rotatable bonds is 4. The number of aromatic nitrogens is 2. The van der Waals surface area contributed by atoms with Crippen molar-refractivity contribution in [1.82, 2.24) is 10.1 Å². The maximum atomic E-state index is 4.95. The molecule has 0 atom stereocenters. The quantitative estimate of drug-likeness (QED) is 0.795. The van der Waals surface area contributed by atoms with E-state index in [0.717, 1.165) is 11.3 Å². The zero-order valence-electron chi connectivity index (χ0n) is 8.99. The van der Waals surface area contributed by atoms with E-state index in [1.165, 1.54) is 17.7 Å². The van der Waals surface area contributed by atoms with E-state index in [0.29, 0.717) is 11.7 Å². The highest BCUT2D eigenvalue weighted by atomic mass is 32.1. The van der Waals surface area contributed by atoms with Crippen LogP contribution >= 0.6 is 11.3 Å². The number of hydrogen-bond acceptors (Lipinski definition) is 4. The Morgan fingerprint density at radius 3 is 2.93 bits per heavy atom. The summed E-state index contributed by atoms with van der Waals surface area (Å²) in [6.45, 7) is 4.01. The van der Waals surface area contributed by atoms with Gasteiger partial charge in [0, 0.05) is 11.8 Å². The van der Waals surface area contributed by atoms with E-state index in [1.54, 1.807) is 11.3 Å². The van der Waals surface area contributed by atoms with Crippen LogP contribution in [0.15, 0.2) is 16.7 Å². The summed E-state index contributed by atoms with van der Waals surface area (Å²) in [6, 6.07) is 4.22. The maximum Gasteiger partial charge on any atom is 0.223 e. The van der Waals surface area contributed by atoms with Gasteiger partial charge in [0.2, 0.25) is 11.7 Å². The fourth-order valence-electron chi connectivity index (χ4n) is 1.38. The smallest absolute Gasteiger partial charge is 0.223 e. The first-order valence-corrected chi connectivity index (χ1v) is 6.00. The van der Waals surface area contributed by atoms with Crippen molar-refractivity contribution < 1.29 is 4.52 Å². The standard InChI is InChI=1S/C11H14N2OS/c1-3-4-5-9-6-7-10(15-9)11-12-8(2)14-13-11/h6-7H,3-5H2,1-2H3. The average Bonchev–Trinajstić information content (AvgIpc) is 2.83. The van der Waals surface area contributed by atoms with Gasteiger partial charge in [-0.1, -0.05) is 18.5 Å². The Kier molecular flexibility index (Phi) is 3.16. The van der Waals surface area contributed by atoms with Crippen molar-refractivity contribution >= 4 is 11.3 Å². The third-order valence-electron chi connectivity index (χ3n) is 2.19. The van der Waals surface area contributed by atoms with Gasteiger partial charge >= 0.3 is 0 Å². The minimum Gasteiger partial charge on any atom is -0.339 e. The van der Waals surface area contributed by atoms with Crippen LogP contribution in [0.3, 0.4) is 0 Å². The average molecular weight is 222 g/mol. The van der Waals surface area contributed by atoms with Gasteiger partial charge in [-0.2, -0.15) is 4.98 Å². The molecule has 0 unspecified atom stereocenters. The van der Waals surface area contributed by atoms with Gasteiger partial charge in [-0.05, 0) is 25.0 Å². The lowest BCUT2D eigenvalue weighted by atomic mass is 10.2. The SMILES string of the molecule is CCCCc1ccc(-c2noc(C)n2)s1. The zero-order chi connectivity index (χ0) is 10.7. The number of hydrogen-bond donors (Lipinski definition) is 0. The molecule has 0 fully saturated rings. The molecule has 0 aliphatic heterocycles. The summed E-state index contributed by atoms with van der Waals surface area (Å²) in [5, 5.41) is 3.90. The topological polar surface area (TPSA) is 38.9 Å². The van der Waals surface area contributed by atoms with Crippen molar-refractivity contribution in [3.8, 4) is 10.7 Å². The summed E-state index contributed by atoms with van der Waals surface area (Å²) < 4.78 is 4.95. The molecule has 0 aromatic carbocycles. The third kappa shape index (κ3) is 2.45. The highest BCUT2D eigenvalue weighted by Gasteiger charge is 2.08. The molecule has 4 heteroatoms. The van der Waals surface area contributed by atoms with E-state index in [1.807, 2.05) is 6.92 Å². The zero-order valence-corrected chi connectivity index (χ0v) is 9.80. The summed E-state index contributed by atoms with van der Waals surface area (Å²) in [5.41, 5.74) is 0. The van der Waals surface area contributed by atoms with E-state index in [4.69, 9.17) is 4.52 Å². The van der Waals surface area contributed by atoms with E-state index >= 15 is 0 Å². The molecule has 0 amide bonds. The lowest BCUT2D eigenvalue weighted by molar-refractivity contribution is 0.394. The van der Waals surface area contributed by atoms with E-state index < -0.39 is 0 Å². The predicted molar refractivity (Wildman–Crippen MR) is 61.0 cm³/mol. The molecule has 0 spiro atoms. The van der Waals surface area contributed by atoms with Crippen LogP contribution in [0.25, 0.3) is 10.7 Å². The van der Waals surface area contributed by atoms with Gasteiger partial charge < -0.3 is 4.52 Å². The van der Waals surface area contributed by atoms with Crippen molar-refractivity contribution in [2.24, 2.45) is 0 Å². The number of aryl methyl sites for hydroxylation is 2. The highest BCUT2D eigenvalue weighted by Crippen LogP contribution is 2.26. The Balaban J connectivity index is 2.13. The summed E-state index contributed by atoms with van der Waals surface area (Å²) in [5.74, 6) is 1.33. The predicted octanol–water partition coefficient (Wildman–Crippen LogP) is 3.45. The Morgan fingerprint density at radius 2 is 2.27 bits per heavy atom. The van der Waals surface area contributed by atoms with Crippen LogP contribution in [0.5, 0.6) is 0 Å². The molecule has 2 aromatic heterocycles. The van der Waals surface area contributed by atoms with Gasteiger partial charge in [0.15, 0.2) is 0 Å². The molecule has 0 saturated heterocycles. The summed E-state index contributed by atoms with van der Waals surface area (Å²) in [6.07, 6.45) is 3.62. The molecule has 0 aliphatic rings. The fourth-order valence-corrected chi connectivity index (χ4v) is 2.36. The van der Waals surface area contributed by atoms with E-state index in [-0.39, 0.29) is 0 Å². The molecular formula is C11H14N2OS. The number of thiophene rings is 1. The summed E-state index contributed by atoms with van der Waals surface area (Å²) in [7, 11) is 0. The second kappa shape index (κ2) is 4.57. The monoisotopic (exact) mass is 222 g/mol. The van der Waals surface area contributed by atoms with Crippen LogP contribution in [0.1, 0.15) is 30.5 Å². The normalized spacial score (nSPS) is 10.8. The van der Waals surface area contributed by atoms with Gasteiger partial charge in [-0.3, -0.25) is 0 Å². The summed E-state index contributed by atoms with van der Waals surface area (Å²) >= 11 is 1.75. The third-order valence-corrected chi connectivity index (χ3v) is 3.33. The van der Waals surface area contributed by atoms with Crippen molar-refractivity contribution in [3.63, 3.8) is 0 Å². The van der Waals surface area contributed by atoms with Crippen LogP contribution < -0.4 is 0 Å². The van der Waals surface area contributed by atoms with Gasteiger partial charge in [-0.15, -0.1) is 11.3 Å². The lowest BCUT2D eigenvalue weighted by Crippen LogP contribution is -1.76. The van der Waals surface area contributed by atoms with Gasteiger partial charge in [-0.25, -0.2) is 0 Å². The van der Waals surface area contributed by atoms with Crippen LogP contribution in [0, 0.1) is 6.92 Å². The molecule has 2 aromatic rings. The molecule has 2 heterocycles. The van der Waals surface area contributed by atoms with E-state index in [9.17, 15) is 0 Å². The van der Waals surface area contributed by atoms with Crippen LogP contribution in [-0.4, -0.2) is 10.1 Å². The van der Waals surface area contributed by atoms with Crippen molar-refractivity contribution in [2.75, 3.05) is 0 Å². The van der Waals surface area contributed by atoms with Crippen molar-refractivity contribution in [2.45, 2.75) is 33.1 Å². The Morgan fingerprint density at radius 1 is 1.40 bits per heavy atom. The minimum absolute atomic E-state index is 0.619. The van der Waals surface area contributed by atoms with Crippen molar-refractivity contribution in [1.29, 1.82) is 0 Å². The lowest BCUT2D eigenvalue weighted by Gasteiger charge is -1.91. The first-order chi connectivity index (χ1) is 7.29. The largest absolute Gasteiger partial charge is 0.339 e. The Labute approximate surface area is 93.1 Å². The molecule has 0 radical (unpaired) electrons. The highest BCUT2D eigenvalue weighted by molar-refractivity contribution is 7.15. The first kappa shape index (κ1) is 10.4. The molecule has 3 nitrogen and oxygen atoms in total. The molecule has 0 aliphatic carbocycles. The number of nitrogens with zero attached hydrogens (tertiary/aromatic N) is 2. The minimum atomic E-state index is 0.619. The van der Waals surface area contributed by atoms with Gasteiger partial charge in [0.1, 0.15) is 0 Å². The van der Waals surface area contributed by atoms with Gasteiger partial charge in [0.25, 0.3) is 0 Å². The number of unbranched alkanes of at least 4 members (excludes halogenated alkanes) is 1. The maximum absolute atomic E-state index is 4.95. The molecule has 0 N–H and O–H groups in total. The Bertz CT molecular complexity index is 433. The van der Waals surface area contributed by atoms with Crippen LogP contribution in [0.4, 0.5) is 0 Å². The second-order valence-corrected chi connectivity index (χ2v) is 4.67. The fraction of sp³-hybridized carbons (Fsp3) is 0.455. The molecule has 15 heavy (non-hydrogen) atoms. The molecular weight excluding hydrogens is 208 g/mol. The molecule has 0 bridgehead atoms. The van der Waals surface area contributed by atoms with Crippen molar-refractivity contribution in [3.05, 3.63) is 22.9 Å². The molecule has 0 saturated carbocycles. The van der Waals surface area contributed by atoms with Crippen LogP contribution in [-0.2, 0) is 6.42 Å². The van der Waals surface area contributed by atoms with Crippen LogP contribution in [0.2, 0.25) is 0 Å². The van der Waals surface area contributed by atoms with Gasteiger partial charge in [0.05, 0.1) is 4.88 Å². The molecule has 80 valence electrons. The first-order valence-electron chi connectivity index (χ1n) is 5.19.